The molecule has 0 bridgehead atoms. The van der Waals surface area contributed by atoms with Crippen LogP contribution in [0.2, 0.25) is 0 Å². The number of likely N-dealkylation sites (tertiary alicyclic amines) is 1. The Bertz CT molecular complexity index is 1170. The molecule has 3 aromatic rings. The van der Waals surface area contributed by atoms with Crippen LogP contribution in [0.4, 0.5) is 0 Å². The summed E-state index contributed by atoms with van der Waals surface area (Å²) >= 11 is 0. The molecule has 1 N–H and O–H groups in total. The van der Waals surface area contributed by atoms with Gasteiger partial charge in [-0.15, -0.1) is 0 Å². The van der Waals surface area contributed by atoms with E-state index in [2.05, 4.69) is 48.3 Å². The zero-order chi connectivity index (χ0) is 24.9. The number of piperidine rings is 1. The molecule has 2 aromatic carbocycles. The second-order valence-electron chi connectivity index (χ2n) is 9.97. The summed E-state index contributed by atoms with van der Waals surface area (Å²) in [6.45, 7) is 4.96. The number of hydrogen-bond donors (Lipinski definition) is 1. The van der Waals surface area contributed by atoms with Crippen LogP contribution in [-0.4, -0.2) is 59.9 Å². The predicted octanol–water partition coefficient (Wildman–Crippen LogP) is 5.07. The lowest BCUT2D eigenvalue weighted by molar-refractivity contribution is -0.143. The number of rotatable bonds is 8. The lowest BCUT2D eigenvalue weighted by Gasteiger charge is -2.37. The molecule has 190 valence electrons. The maximum atomic E-state index is 12.8. The summed E-state index contributed by atoms with van der Waals surface area (Å²) in [7, 11) is 0. The Morgan fingerprint density at radius 2 is 1.92 bits per heavy atom. The molecular weight excluding hydrogens is 452 g/mol. The van der Waals surface area contributed by atoms with Gasteiger partial charge in [0, 0.05) is 50.1 Å². The van der Waals surface area contributed by atoms with E-state index in [1.165, 1.54) is 10.9 Å². The van der Waals surface area contributed by atoms with Crippen molar-refractivity contribution in [2.75, 3.05) is 32.9 Å². The third-order valence-electron chi connectivity index (χ3n) is 7.68. The van der Waals surface area contributed by atoms with Crippen LogP contribution in [0.3, 0.4) is 0 Å². The summed E-state index contributed by atoms with van der Waals surface area (Å²) in [5.74, 6) is 0.472. The first-order valence-electron chi connectivity index (χ1n) is 13.2. The molecule has 0 spiro atoms. The highest BCUT2D eigenvalue weighted by molar-refractivity contribution is 5.88. The van der Waals surface area contributed by atoms with E-state index in [1.807, 2.05) is 23.2 Å². The first-order valence-corrected chi connectivity index (χ1v) is 13.2. The van der Waals surface area contributed by atoms with Crippen LogP contribution >= 0.6 is 0 Å². The van der Waals surface area contributed by atoms with E-state index in [0.29, 0.717) is 25.6 Å². The predicted molar refractivity (Wildman–Crippen MR) is 141 cm³/mol. The summed E-state index contributed by atoms with van der Waals surface area (Å²) in [4.78, 5) is 19.4. The molecule has 1 amide bonds. The van der Waals surface area contributed by atoms with Gasteiger partial charge in [0.15, 0.2) is 0 Å². The number of carbonyl (C=O) groups excluding carboxylic acids is 1. The van der Waals surface area contributed by atoms with Gasteiger partial charge in [-0.25, -0.2) is 0 Å². The van der Waals surface area contributed by atoms with Crippen molar-refractivity contribution in [3.8, 4) is 11.1 Å². The zero-order valence-electron chi connectivity index (χ0n) is 21.1. The monoisotopic (exact) mass is 488 g/mol. The van der Waals surface area contributed by atoms with Crippen molar-refractivity contribution >= 4 is 16.8 Å². The third-order valence-corrected chi connectivity index (χ3v) is 7.68. The van der Waals surface area contributed by atoms with Gasteiger partial charge in [-0.3, -0.25) is 9.78 Å². The number of fused-ring (bicyclic) bond motifs is 1. The summed E-state index contributed by atoms with van der Waals surface area (Å²) in [6.07, 6.45) is 5.88. The van der Waals surface area contributed by atoms with E-state index in [-0.39, 0.29) is 24.7 Å². The smallest absolute Gasteiger partial charge is 0.251 e. The Kier molecular flexibility index (Phi) is 7.95. The normalized spacial score (nSPS) is 19.6. The molecule has 6 heteroatoms. The zero-order valence-corrected chi connectivity index (χ0v) is 21.1. The molecular formula is C30H36N2O4. The molecule has 2 saturated heterocycles. The number of aryl methyl sites for hydroxylation is 1. The number of nitrogens with zero attached hydrogens (tertiary/aromatic N) is 2. The van der Waals surface area contributed by atoms with E-state index in [9.17, 15) is 9.90 Å². The third kappa shape index (κ3) is 5.31. The second-order valence-corrected chi connectivity index (χ2v) is 9.97. The molecule has 1 aromatic heterocycles. The van der Waals surface area contributed by atoms with Crippen molar-refractivity contribution in [2.45, 2.75) is 51.2 Å². The number of carbonyl (C=O) groups is 1. The number of aromatic nitrogens is 1. The molecule has 2 aliphatic heterocycles. The van der Waals surface area contributed by atoms with Gasteiger partial charge >= 0.3 is 0 Å². The first kappa shape index (κ1) is 24.9. The van der Waals surface area contributed by atoms with Crippen LogP contribution in [0.15, 0.2) is 54.7 Å². The lowest BCUT2D eigenvalue weighted by atomic mass is 9.86. The van der Waals surface area contributed by atoms with E-state index < -0.39 is 0 Å². The van der Waals surface area contributed by atoms with E-state index >= 15 is 0 Å². The fourth-order valence-corrected chi connectivity index (χ4v) is 5.60. The van der Waals surface area contributed by atoms with Gasteiger partial charge in [-0.1, -0.05) is 42.5 Å². The highest BCUT2D eigenvalue weighted by Crippen LogP contribution is 2.36. The molecule has 1 unspecified atom stereocenters. The topological polar surface area (TPSA) is 71.9 Å². The standard InChI is InChI=1S/C30H36N2O4/c1-21-25-6-2-3-7-27(25)31-20-26(21)22-9-11-23(12-10-22)29(36-19-5-17-33)24-13-15-32(16-14-24)30(34)28-8-4-18-35-28/h2-3,6-7,9-12,20,24,28-29,33H,4-5,8,13-19H2,1H3/t28-,29?/m1/s1. The summed E-state index contributed by atoms with van der Waals surface area (Å²) < 4.78 is 11.9. The fraction of sp³-hybridized carbons (Fsp3) is 0.467. The van der Waals surface area contributed by atoms with Gasteiger partial charge < -0.3 is 19.5 Å². The van der Waals surface area contributed by atoms with Crippen molar-refractivity contribution in [1.82, 2.24) is 9.88 Å². The number of amides is 1. The molecule has 0 saturated carbocycles. The maximum Gasteiger partial charge on any atom is 0.251 e. The van der Waals surface area contributed by atoms with Crippen LogP contribution in [0, 0.1) is 12.8 Å². The highest BCUT2D eigenvalue weighted by atomic mass is 16.5. The molecule has 0 aliphatic carbocycles. The van der Waals surface area contributed by atoms with E-state index in [4.69, 9.17) is 9.47 Å². The maximum absolute atomic E-state index is 12.8. The number of aliphatic hydroxyl groups excluding tert-OH is 1. The van der Waals surface area contributed by atoms with Crippen molar-refractivity contribution in [1.29, 1.82) is 0 Å². The Morgan fingerprint density at radius 3 is 2.64 bits per heavy atom. The molecule has 3 heterocycles. The SMILES string of the molecule is Cc1c(-c2ccc(C(OCCCO)C3CCN(C(=O)[C@H]4CCCO4)CC3)cc2)cnc2ccccc12. The average molecular weight is 489 g/mol. The number of para-hydroxylation sites is 1. The van der Waals surface area contributed by atoms with Gasteiger partial charge in [0.1, 0.15) is 6.10 Å². The summed E-state index contributed by atoms with van der Waals surface area (Å²) in [6, 6.07) is 16.9. The van der Waals surface area contributed by atoms with E-state index in [0.717, 1.165) is 61.0 Å². The quantitative estimate of drug-likeness (QED) is 0.449. The van der Waals surface area contributed by atoms with E-state index in [1.54, 1.807) is 0 Å². The van der Waals surface area contributed by atoms with Gasteiger partial charge in [0.05, 0.1) is 11.6 Å². The van der Waals surface area contributed by atoms with Gasteiger partial charge in [-0.2, -0.15) is 0 Å². The Hall–Kier alpha value is -2.80. The summed E-state index contributed by atoms with van der Waals surface area (Å²) in [5.41, 5.74) is 5.66. The number of aliphatic hydroxyl groups is 1. The minimum absolute atomic E-state index is 0.0543. The highest BCUT2D eigenvalue weighted by Gasteiger charge is 2.34. The van der Waals surface area contributed by atoms with Crippen LogP contribution in [0.5, 0.6) is 0 Å². The fourth-order valence-electron chi connectivity index (χ4n) is 5.60. The van der Waals surface area contributed by atoms with Gasteiger partial charge in [0.2, 0.25) is 0 Å². The van der Waals surface area contributed by atoms with Crippen molar-refractivity contribution in [3.63, 3.8) is 0 Å². The van der Waals surface area contributed by atoms with Gasteiger partial charge in [0.25, 0.3) is 5.91 Å². The van der Waals surface area contributed by atoms with Crippen molar-refractivity contribution < 1.29 is 19.4 Å². The summed E-state index contributed by atoms with van der Waals surface area (Å²) in [5, 5.41) is 10.5. The minimum Gasteiger partial charge on any atom is -0.396 e. The second kappa shape index (κ2) is 11.5. The van der Waals surface area contributed by atoms with Crippen molar-refractivity contribution in [3.05, 3.63) is 65.9 Å². The molecule has 36 heavy (non-hydrogen) atoms. The number of pyridine rings is 1. The van der Waals surface area contributed by atoms with Crippen LogP contribution in [0.25, 0.3) is 22.0 Å². The molecule has 2 aliphatic rings. The number of hydrogen-bond acceptors (Lipinski definition) is 5. The molecule has 6 nitrogen and oxygen atoms in total. The van der Waals surface area contributed by atoms with Crippen molar-refractivity contribution in [2.24, 2.45) is 5.92 Å². The first-order chi connectivity index (χ1) is 17.7. The molecule has 0 radical (unpaired) electrons. The number of benzene rings is 2. The van der Waals surface area contributed by atoms with Crippen LogP contribution in [0.1, 0.15) is 49.3 Å². The Balaban J connectivity index is 1.31. The average Bonchev–Trinajstić information content (AvgIpc) is 3.47. The van der Waals surface area contributed by atoms with Crippen LogP contribution in [-0.2, 0) is 14.3 Å². The molecule has 2 atom stereocenters. The molecule has 2 fully saturated rings. The lowest BCUT2D eigenvalue weighted by Crippen LogP contribution is -2.44. The Labute approximate surface area is 213 Å². The Morgan fingerprint density at radius 1 is 1.14 bits per heavy atom. The van der Waals surface area contributed by atoms with Gasteiger partial charge in [-0.05, 0) is 67.7 Å². The molecule has 5 rings (SSSR count). The minimum atomic E-state index is -0.251. The number of ether oxygens (including phenoxy) is 2. The van der Waals surface area contributed by atoms with Crippen LogP contribution < -0.4 is 0 Å². The largest absolute Gasteiger partial charge is 0.396 e.